The molecule has 2 rings (SSSR count). The van der Waals surface area contributed by atoms with Gasteiger partial charge < -0.3 is 10.1 Å². The van der Waals surface area contributed by atoms with Crippen molar-refractivity contribution < 1.29 is 9.13 Å². The SMILES string of the molecule is CCNC1CCCC1Oc1cccc(F)c1. The standard InChI is InChI=1S/C13H18FNO/c1-2-15-12-7-4-8-13(12)16-11-6-3-5-10(14)9-11/h3,5-6,9,12-13,15H,2,4,7-8H2,1H3. The summed E-state index contributed by atoms with van der Waals surface area (Å²) in [5, 5.41) is 3.41. The van der Waals surface area contributed by atoms with Crippen LogP contribution in [-0.4, -0.2) is 18.7 Å². The van der Waals surface area contributed by atoms with Gasteiger partial charge in [0.15, 0.2) is 0 Å². The Hall–Kier alpha value is -1.09. The lowest BCUT2D eigenvalue weighted by Crippen LogP contribution is -2.38. The maximum absolute atomic E-state index is 13.0. The van der Waals surface area contributed by atoms with Crippen LogP contribution in [0, 0.1) is 5.82 Å². The minimum atomic E-state index is -0.240. The molecule has 0 saturated heterocycles. The Balaban J connectivity index is 1.98. The zero-order valence-electron chi connectivity index (χ0n) is 9.58. The van der Waals surface area contributed by atoms with Gasteiger partial charge in [-0.25, -0.2) is 4.39 Å². The molecule has 0 aromatic heterocycles. The maximum Gasteiger partial charge on any atom is 0.126 e. The molecule has 0 heterocycles. The molecule has 2 unspecified atom stereocenters. The number of ether oxygens (including phenoxy) is 1. The molecule has 2 atom stereocenters. The van der Waals surface area contributed by atoms with E-state index < -0.39 is 0 Å². The molecular weight excluding hydrogens is 205 g/mol. The second-order valence-corrected chi connectivity index (χ2v) is 4.21. The third-order valence-corrected chi connectivity index (χ3v) is 3.00. The van der Waals surface area contributed by atoms with Crippen LogP contribution >= 0.6 is 0 Å². The first-order chi connectivity index (χ1) is 7.79. The Bertz CT molecular complexity index is 342. The quantitative estimate of drug-likeness (QED) is 0.847. The fourth-order valence-corrected chi connectivity index (χ4v) is 2.28. The lowest BCUT2D eigenvalue weighted by molar-refractivity contribution is 0.175. The first-order valence-electron chi connectivity index (χ1n) is 5.95. The van der Waals surface area contributed by atoms with Gasteiger partial charge >= 0.3 is 0 Å². The smallest absolute Gasteiger partial charge is 0.126 e. The van der Waals surface area contributed by atoms with E-state index in [1.807, 2.05) is 6.07 Å². The Labute approximate surface area is 95.8 Å². The summed E-state index contributed by atoms with van der Waals surface area (Å²) in [6, 6.07) is 6.78. The van der Waals surface area contributed by atoms with Crippen LogP contribution in [0.2, 0.25) is 0 Å². The van der Waals surface area contributed by atoms with Gasteiger partial charge in [0.05, 0.1) is 0 Å². The Morgan fingerprint density at radius 1 is 1.44 bits per heavy atom. The molecule has 0 bridgehead atoms. The van der Waals surface area contributed by atoms with E-state index in [9.17, 15) is 4.39 Å². The maximum atomic E-state index is 13.0. The van der Waals surface area contributed by atoms with E-state index in [4.69, 9.17) is 4.74 Å². The summed E-state index contributed by atoms with van der Waals surface area (Å²) < 4.78 is 18.8. The number of nitrogens with one attached hydrogen (secondary N) is 1. The van der Waals surface area contributed by atoms with Gasteiger partial charge in [-0.3, -0.25) is 0 Å². The van der Waals surface area contributed by atoms with Crippen molar-refractivity contribution in [1.29, 1.82) is 0 Å². The van der Waals surface area contributed by atoms with Crippen LogP contribution in [0.4, 0.5) is 4.39 Å². The van der Waals surface area contributed by atoms with Gasteiger partial charge in [-0.2, -0.15) is 0 Å². The van der Waals surface area contributed by atoms with Crippen LogP contribution in [-0.2, 0) is 0 Å². The summed E-state index contributed by atoms with van der Waals surface area (Å²) in [6.45, 7) is 3.05. The van der Waals surface area contributed by atoms with Gasteiger partial charge in [-0.1, -0.05) is 13.0 Å². The van der Waals surface area contributed by atoms with E-state index in [1.54, 1.807) is 6.07 Å². The second kappa shape index (κ2) is 5.30. The lowest BCUT2D eigenvalue weighted by atomic mass is 10.2. The van der Waals surface area contributed by atoms with Crippen LogP contribution in [0.3, 0.4) is 0 Å². The molecule has 1 fully saturated rings. The van der Waals surface area contributed by atoms with Crippen LogP contribution in [0.15, 0.2) is 24.3 Å². The zero-order chi connectivity index (χ0) is 11.4. The molecule has 3 heteroatoms. The Kier molecular flexibility index (Phi) is 3.78. The van der Waals surface area contributed by atoms with Gasteiger partial charge in [-0.05, 0) is 37.9 Å². The third-order valence-electron chi connectivity index (χ3n) is 3.00. The summed E-state index contributed by atoms with van der Waals surface area (Å²) in [4.78, 5) is 0. The van der Waals surface area contributed by atoms with Gasteiger partial charge in [0.2, 0.25) is 0 Å². The number of benzene rings is 1. The fourth-order valence-electron chi connectivity index (χ4n) is 2.28. The highest BCUT2D eigenvalue weighted by Gasteiger charge is 2.28. The fraction of sp³-hybridized carbons (Fsp3) is 0.538. The van der Waals surface area contributed by atoms with Gasteiger partial charge in [0.1, 0.15) is 17.7 Å². The number of rotatable bonds is 4. The first kappa shape index (κ1) is 11.4. The van der Waals surface area contributed by atoms with Crippen molar-refractivity contribution in [2.24, 2.45) is 0 Å². The van der Waals surface area contributed by atoms with Crippen molar-refractivity contribution >= 4 is 0 Å². The van der Waals surface area contributed by atoms with E-state index in [-0.39, 0.29) is 11.9 Å². The number of hydrogen-bond donors (Lipinski definition) is 1. The average molecular weight is 223 g/mol. The highest BCUT2D eigenvalue weighted by molar-refractivity contribution is 5.23. The molecule has 1 aliphatic carbocycles. The van der Waals surface area contributed by atoms with Crippen molar-refractivity contribution in [1.82, 2.24) is 5.32 Å². The minimum Gasteiger partial charge on any atom is -0.489 e. The topological polar surface area (TPSA) is 21.3 Å². The predicted octanol–water partition coefficient (Wildman–Crippen LogP) is 2.74. The molecule has 1 aromatic carbocycles. The van der Waals surface area contributed by atoms with Crippen LogP contribution in [0.1, 0.15) is 26.2 Å². The van der Waals surface area contributed by atoms with Gasteiger partial charge in [0.25, 0.3) is 0 Å². The van der Waals surface area contributed by atoms with Crippen molar-refractivity contribution in [3.8, 4) is 5.75 Å². The largest absolute Gasteiger partial charge is 0.489 e. The molecule has 0 radical (unpaired) electrons. The monoisotopic (exact) mass is 223 g/mol. The van der Waals surface area contributed by atoms with Crippen LogP contribution in [0.5, 0.6) is 5.75 Å². The molecule has 1 saturated carbocycles. The van der Waals surface area contributed by atoms with Crippen molar-refractivity contribution in [2.45, 2.75) is 38.3 Å². The summed E-state index contributed by atoms with van der Waals surface area (Å²) in [7, 11) is 0. The minimum absolute atomic E-state index is 0.182. The van der Waals surface area contributed by atoms with E-state index in [2.05, 4.69) is 12.2 Å². The first-order valence-corrected chi connectivity index (χ1v) is 5.95. The Morgan fingerprint density at radius 3 is 3.06 bits per heavy atom. The van der Waals surface area contributed by atoms with Gasteiger partial charge in [0, 0.05) is 12.1 Å². The van der Waals surface area contributed by atoms with Gasteiger partial charge in [-0.15, -0.1) is 0 Å². The molecule has 0 aliphatic heterocycles. The molecule has 1 aromatic rings. The molecular formula is C13H18FNO. The third kappa shape index (κ3) is 2.73. The van der Waals surface area contributed by atoms with Crippen molar-refractivity contribution in [2.75, 3.05) is 6.54 Å². The van der Waals surface area contributed by atoms with E-state index in [0.29, 0.717) is 11.8 Å². The summed E-state index contributed by atoms with van der Waals surface area (Å²) >= 11 is 0. The van der Waals surface area contributed by atoms with Crippen molar-refractivity contribution in [3.63, 3.8) is 0 Å². The number of likely N-dealkylation sites (N-methyl/N-ethyl adjacent to an activating group) is 1. The van der Waals surface area contributed by atoms with E-state index in [0.717, 1.165) is 19.4 Å². The zero-order valence-corrected chi connectivity index (χ0v) is 9.58. The summed E-state index contributed by atoms with van der Waals surface area (Å²) in [5.41, 5.74) is 0. The normalized spacial score (nSPS) is 24.6. The average Bonchev–Trinajstić information content (AvgIpc) is 2.66. The molecule has 0 spiro atoms. The predicted molar refractivity (Wildman–Crippen MR) is 62.1 cm³/mol. The molecule has 1 N–H and O–H groups in total. The number of halogens is 1. The molecule has 16 heavy (non-hydrogen) atoms. The molecule has 88 valence electrons. The summed E-state index contributed by atoms with van der Waals surface area (Å²) in [6.07, 6.45) is 3.56. The molecule has 1 aliphatic rings. The second-order valence-electron chi connectivity index (χ2n) is 4.21. The Morgan fingerprint density at radius 2 is 2.31 bits per heavy atom. The van der Waals surface area contributed by atoms with E-state index >= 15 is 0 Å². The van der Waals surface area contributed by atoms with E-state index in [1.165, 1.54) is 18.6 Å². The van der Waals surface area contributed by atoms with Crippen molar-refractivity contribution in [3.05, 3.63) is 30.1 Å². The van der Waals surface area contributed by atoms with Crippen LogP contribution in [0.25, 0.3) is 0 Å². The highest BCUT2D eigenvalue weighted by atomic mass is 19.1. The van der Waals surface area contributed by atoms with Crippen LogP contribution < -0.4 is 10.1 Å². The lowest BCUT2D eigenvalue weighted by Gasteiger charge is -2.21. The number of hydrogen-bond acceptors (Lipinski definition) is 2. The highest BCUT2D eigenvalue weighted by Crippen LogP contribution is 2.25. The summed E-state index contributed by atoms with van der Waals surface area (Å²) in [5.74, 6) is 0.394. The molecule has 2 nitrogen and oxygen atoms in total. The molecule has 0 amide bonds.